The molecule has 2 aromatic heterocycles. The molecule has 4 rings (SSSR count). The fourth-order valence-electron chi connectivity index (χ4n) is 2.37. The van der Waals surface area contributed by atoms with Gasteiger partial charge in [0.15, 0.2) is 22.3 Å². The van der Waals surface area contributed by atoms with Crippen molar-refractivity contribution in [3.8, 4) is 11.3 Å². The van der Waals surface area contributed by atoms with Crippen LogP contribution in [0.5, 0.6) is 0 Å². The Kier molecular flexibility index (Phi) is 4.47. The third-order valence-corrected chi connectivity index (χ3v) is 4.40. The molecule has 0 aliphatic heterocycles. The van der Waals surface area contributed by atoms with E-state index in [0.717, 1.165) is 12.1 Å². The maximum absolute atomic E-state index is 13.3. The summed E-state index contributed by atoms with van der Waals surface area (Å²) < 4.78 is 31.8. The van der Waals surface area contributed by atoms with Crippen LogP contribution in [-0.4, -0.2) is 15.9 Å². The Bertz CT molecular complexity index is 1130. The van der Waals surface area contributed by atoms with Gasteiger partial charge >= 0.3 is 0 Å². The number of hydrogen-bond donors (Lipinski definition) is 1. The number of halogens is 2. The summed E-state index contributed by atoms with van der Waals surface area (Å²) >= 11 is 1.18. The highest BCUT2D eigenvalue weighted by molar-refractivity contribution is 7.14. The summed E-state index contributed by atoms with van der Waals surface area (Å²) in [6, 6.07) is 10.8. The van der Waals surface area contributed by atoms with Gasteiger partial charge in [-0.3, -0.25) is 10.1 Å². The third kappa shape index (κ3) is 3.75. The van der Waals surface area contributed by atoms with E-state index in [9.17, 15) is 13.6 Å². The molecule has 0 bridgehead atoms. The maximum Gasteiger partial charge on any atom is 0.250 e. The second-order valence-corrected chi connectivity index (χ2v) is 6.37. The minimum Gasteiger partial charge on any atom is -0.437 e. The predicted octanol–water partition coefficient (Wildman–Crippen LogP) is 4.88. The van der Waals surface area contributed by atoms with Crippen molar-refractivity contribution < 1.29 is 18.0 Å². The Labute approximate surface area is 156 Å². The van der Waals surface area contributed by atoms with Crippen molar-refractivity contribution in [1.82, 2.24) is 9.97 Å². The summed E-state index contributed by atoms with van der Waals surface area (Å²) in [5.74, 6) is -1.98. The quantitative estimate of drug-likeness (QED) is 0.510. The normalized spacial score (nSPS) is 11.3. The van der Waals surface area contributed by atoms with E-state index < -0.39 is 17.5 Å². The van der Waals surface area contributed by atoms with Crippen LogP contribution in [-0.2, 0) is 4.79 Å². The molecule has 0 spiro atoms. The van der Waals surface area contributed by atoms with Crippen molar-refractivity contribution in [1.29, 1.82) is 0 Å². The van der Waals surface area contributed by atoms with Crippen molar-refractivity contribution in [2.45, 2.75) is 0 Å². The molecule has 1 N–H and O–H groups in total. The van der Waals surface area contributed by atoms with Crippen LogP contribution in [0.1, 0.15) is 5.89 Å². The number of carbonyl (C=O) groups excluding carboxylic acids is 1. The summed E-state index contributed by atoms with van der Waals surface area (Å²) in [6.07, 6.45) is 2.74. The number of nitrogens with one attached hydrogen (secondary N) is 1. The van der Waals surface area contributed by atoms with Crippen LogP contribution in [0.25, 0.3) is 28.4 Å². The first-order valence-corrected chi connectivity index (χ1v) is 8.72. The number of para-hydroxylation sites is 2. The van der Waals surface area contributed by atoms with E-state index in [1.54, 1.807) is 11.4 Å². The Balaban J connectivity index is 1.45. The summed E-state index contributed by atoms with van der Waals surface area (Å²) in [5.41, 5.74) is 2.20. The van der Waals surface area contributed by atoms with Crippen LogP contribution in [0.3, 0.4) is 0 Å². The molecule has 0 unspecified atom stereocenters. The first-order valence-electron chi connectivity index (χ1n) is 7.84. The van der Waals surface area contributed by atoms with Crippen LogP contribution in [0.4, 0.5) is 13.9 Å². The molecule has 0 radical (unpaired) electrons. The van der Waals surface area contributed by atoms with Gasteiger partial charge < -0.3 is 4.42 Å². The van der Waals surface area contributed by atoms with Crippen LogP contribution in [0.2, 0.25) is 0 Å². The van der Waals surface area contributed by atoms with Crippen LogP contribution in [0.15, 0.2) is 58.3 Å². The molecule has 8 heteroatoms. The lowest BCUT2D eigenvalue weighted by Crippen LogP contribution is -2.07. The molecule has 0 atom stereocenters. The molecule has 0 aliphatic carbocycles. The van der Waals surface area contributed by atoms with E-state index in [1.165, 1.54) is 29.6 Å². The molecule has 4 aromatic rings. The van der Waals surface area contributed by atoms with Gasteiger partial charge in [0, 0.05) is 23.1 Å². The minimum atomic E-state index is -0.952. The first kappa shape index (κ1) is 17.0. The third-order valence-electron chi connectivity index (χ3n) is 3.64. The molecule has 2 aromatic carbocycles. The van der Waals surface area contributed by atoms with Gasteiger partial charge in [0.05, 0.1) is 5.69 Å². The molecule has 27 heavy (non-hydrogen) atoms. The van der Waals surface area contributed by atoms with Gasteiger partial charge in [-0.05, 0) is 30.3 Å². The average molecular weight is 383 g/mol. The molecule has 5 nitrogen and oxygen atoms in total. The van der Waals surface area contributed by atoms with E-state index in [-0.39, 0.29) is 0 Å². The number of aromatic nitrogens is 2. The van der Waals surface area contributed by atoms with E-state index in [1.807, 2.05) is 18.2 Å². The standard InChI is InChI=1S/C19H11F2N3O2S/c20-12-6-5-11(9-13(12)21)15-10-27-19(23-15)24-17(25)7-8-18-22-14-3-1-2-4-16(14)26-18/h1-10H,(H,23,24,25)/b8-7+. The van der Waals surface area contributed by atoms with Crippen molar-refractivity contribution >= 4 is 39.6 Å². The largest absolute Gasteiger partial charge is 0.437 e. The molecule has 0 saturated heterocycles. The van der Waals surface area contributed by atoms with Gasteiger partial charge in [-0.2, -0.15) is 0 Å². The number of thiazole rings is 1. The number of fused-ring (bicyclic) bond motifs is 1. The predicted molar refractivity (Wildman–Crippen MR) is 99.1 cm³/mol. The number of anilines is 1. The zero-order chi connectivity index (χ0) is 18.8. The molecule has 0 saturated carbocycles. The molecule has 1 amide bonds. The number of oxazole rings is 1. The topological polar surface area (TPSA) is 68.0 Å². The lowest BCUT2D eigenvalue weighted by atomic mass is 10.2. The van der Waals surface area contributed by atoms with Crippen LogP contribution in [0, 0.1) is 11.6 Å². The number of benzene rings is 2. The Hall–Kier alpha value is -3.39. The second-order valence-electron chi connectivity index (χ2n) is 5.51. The summed E-state index contributed by atoms with van der Waals surface area (Å²) in [5, 5.41) is 4.59. The van der Waals surface area contributed by atoms with Crippen molar-refractivity contribution in [3.05, 3.63) is 71.4 Å². The Morgan fingerprint density at radius 3 is 2.78 bits per heavy atom. The highest BCUT2D eigenvalue weighted by Crippen LogP contribution is 2.26. The Morgan fingerprint density at radius 1 is 1.11 bits per heavy atom. The van der Waals surface area contributed by atoms with Crippen LogP contribution >= 0.6 is 11.3 Å². The zero-order valence-corrected chi connectivity index (χ0v) is 14.5. The van der Waals surface area contributed by atoms with E-state index >= 15 is 0 Å². The highest BCUT2D eigenvalue weighted by Gasteiger charge is 2.10. The van der Waals surface area contributed by atoms with E-state index in [0.29, 0.717) is 33.4 Å². The van der Waals surface area contributed by atoms with E-state index in [4.69, 9.17) is 4.42 Å². The molecule has 0 aliphatic rings. The molecule has 2 heterocycles. The number of rotatable bonds is 4. The van der Waals surface area contributed by atoms with Gasteiger partial charge in [-0.1, -0.05) is 12.1 Å². The molecule has 134 valence electrons. The highest BCUT2D eigenvalue weighted by atomic mass is 32.1. The summed E-state index contributed by atoms with van der Waals surface area (Å²) in [6.45, 7) is 0. The van der Waals surface area contributed by atoms with Gasteiger partial charge in [0.25, 0.3) is 0 Å². The number of hydrogen-bond acceptors (Lipinski definition) is 5. The van der Waals surface area contributed by atoms with Gasteiger partial charge in [0.2, 0.25) is 11.8 Å². The van der Waals surface area contributed by atoms with Gasteiger partial charge in [-0.15, -0.1) is 11.3 Å². The monoisotopic (exact) mass is 383 g/mol. The summed E-state index contributed by atoms with van der Waals surface area (Å²) in [7, 11) is 0. The Morgan fingerprint density at radius 2 is 1.96 bits per heavy atom. The molecular weight excluding hydrogens is 372 g/mol. The minimum absolute atomic E-state index is 0.313. The lowest BCUT2D eigenvalue weighted by molar-refractivity contribution is -0.111. The summed E-state index contributed by atoms with van der Waals surface area (Å²) in [4.78, 5) is 20.5. The second kappa shape index (κ2) is 7.08. The van der Waals surface area contributed by atoms with Crippen LogP contribution < -0.4 is 5.32 Å². The number of carbonyl (C=O) groups is 1. The maximum atomic E-state index is 13.3. The fourth-order valence-corrected chi connectivity index (χ4v) is 3.10. The lowest BCUT2D eigenvalue weighted by Gasteiger charge is -1.98. The van der Waals surface area contributed by atoms with Crippen molar-refractivity contribution in [3.63, 3.8) is 0 Å². The molecular formula is C19H11F2N3O2S. The van der Waals surface area contributed by atoms with Crippen molar-refractivity contribution in [2.24, 2.45) is 0 Å². The van der Waals surface area contributed by atoms with Gasteiger partial charge in [0.1, 0.15) is 5.52 Å². The first-order chi connectivity index (χ1) is 13.1. The smallest absolute Gasteiger partial charge is 0.250 e. The van der Waals surface area contributed by atoms with E-state index in [2.05, 4.69) is 15.3 Å². The van der Waals surface area contributed by atoms with Gasteiger partial charge in [-0.25, -0.2) is 18.7 Å². The molecule has 0 fully saturated rings. The SMILES string of the molecule is O=C(/C=C/c1nc2ccccc2o1)Nc1nc(-c2ccc(F)c(F)c2)cs1. The zero-order valence-electron chi connectivity index (χ0n) is 13.6. The van der Waals surface area contributed by atoms with Crippen molar-refractivity contribution in [2.75, 3.05) is 5.32 Å². The number of amides is 1. The fraction of sp³-hybridized carbons (Fsp3) is 0. The number of nitrogens with zero attached hydrogens (tertiary/aromatic N) is 2. The average Bonchev–Trinajstić information content (AvgIpc) is 3.28.